The zero-order chi connectivity index (χ0) is 16.4. The molecule has 2 rings (SSSR count). The number of alkyl halides is 4. The number of carbonyl (C=O) groups is 1. The minimum atomic E-state index is -4.33. The van der Waals surface area contributed by atoms with E-state index in [-0.39, 0.29) is 16.5 Å². The fourth-order valence-electron chi connectivity index (χ4n) is 2.44. The summed E-state index contributed by atoms with van der Waals surface area (Å²) >= 11 is 6.99. The lowest BCUT2D eigenvalue weighted by atomic mass is 9.98. The van der Waals surface area contributed by atoms with Crippen molar-refractivity contribution in [1.82, 2.24) is 4.90 Å². The van der Waals surface area contributed by atoms with Crippen LogP contribution in [0.25, 0.3) is 0 Å². The summed E-state index contributed by atoms with van der Waals surface area (Å²) in [6.07, 6.45) is -2.86. The van der Waals surface area contributed by atoms with E-state index in [2.05, 4.69) is 0 Å². The fourth-order valence-corrected chi connectivity index (χ4v) is 3.89. The molecular weight excluding hydrogens is 335 g/mol. The highest BCUT2D eigenvalue weighted by Crippen LogP contribution is 2.42. The van der Waals surface area contributed by atoms with Gasteiger partial charge >= 0.3 is 6.18 Å². The molecular formula is C15H17ClF3NOS. The summed E-state index contributed by atoms with van der Waals surface area (Å²) in [5.41, 5.74) is -0.629. The Kier molecular flexibility index (Phi) is 5.33. The number of halogens is 4. The van der Waals surface area contributed by atoms with Crippen molar-refractivity contribution in [2.45, 2.75) is 35.6 Å². The third-order valence-corrected chi connectivity index (χ3v) is 5.43. The first-order valence-corrected chi connectivity index (χ1v) is 8.29. The molecule has 1 aliphatic heterocycles. The van der Waals surface area contributed by atoms with Crippen molar-refractivity contribution in [1.29, 1.82) is 0 Å². The second kappa shape index (κ2) is 6.71. The molecule has 1 heterocycles. The van der Waals surface area contributed by atoms with Crippen molar-refractivity contribution >= 4 is 29.3 Å². The Morgan fingerprint density at radius 3 is 2.55 bits per heavy atom. The first kappa shape index (κ1) is 17.5. The smallest absolute Gasteiger partial charge is 0.342 e. The van der Waals surface area contributed by atoms with Crippen molar-refractivity contribution in [2.75, 3.05) is 19.0 Å². The summed E-state index contributed by atoms with van der Waals surface area (Å²) in [5.74, 6) is -0.120. The van der Waals surface area contributed by atoms with Crippen LogP contribution in [0.2, 0.25) is 0 Å². The average molecular weight is 352 g/mol. The van der Waals surface area contributed by atoms with Crippen LogP contribution in [0.5, 0.6) is 0 Å². The third-order valence-electron chi connectivity index (χ3n) is 3.81. The minimum absolute atomic E-state index is 0.0303. The zero-order valence-corrected chi connectivity index (χ0v) is 13.7. The first-order chi connectivity index (χ1) is 10.2. The lowest BCUT2D eigenvalue weighted by Gasteiger charge is -2.38. The molecule has 0 spiro atoms. The molecule has 1 aromatic carbocycles. The van der Waals surface area contributed by atoms with Gasteiger partial charge in [0.05, 0.1) is 5.56 Å². The number of hydrogen-bond donors (Lipinski definition) is 0. The molecule has 1 aliphatic rings. The molecule has 0 saturated carbocycles. The SMILES string of the molecule is CC1(Sc2cccc(C(F)(F)F)c2)CCN(C(=O)CCl)CC1. The van der Waals surface area contributed by atoms with E-state index in [1.807, 2.05) is 6.92 Å². The highest BCUT2D eigenvalue weighted by atomic mass is 35.5. The molecule has 1 fully saturated rings. The van der Waals surface area contributed by atoms with Gasteiger partial charge in [-0.05, 0) is 38.0 Å². The molecule has 2 nitrogen and oxygen atoms in total. The summed E-state index contributed by atoms with van der Waals surface area (Å²) in [6, 6.07) is 5.39. The summed E-state index contributed by atoms with van der Waals surface area (Å²) in [6.45, 7) is 3.21. The van der Waals surface area contributed by atoms with Crippen LogP contribution in [0, 0.1) is 0 Å². The van der Waals surface area contributed by atoms with Crippen molar-refractivity contribution in [3.63, 3.8) is 0 Å². The van der Waals surface area contributed by atoms with E-state index in [4.69, 9.17) is 11.6 Å². The highest BCUT2D eigenvalue weighted by molar-refractivity contribution is 8.00. The van der Waals surface area contributed by atoms with Crippen LogP contribution in [0.4, 0.5) is 13.2 Å². The summed E-state index contributed by atoms with van der Waals surface area (Å²) in [7, 11) is 0. The fraction of sp³-hybridized carbons (Fsp3) is 0.533. The van der Waals surface area contributed by atoms with Crippen LogP contribution in [0.3, 0.4) is 0 Å². The first-order valence-electron chi connectivity index (χ1n) is 6.93. The lowest BCUT2D eigenvalue weighted by Crippen LogP contribution is -2.44. The normalized spacial score (nSPS) is 18.3. The minimum Gasteiger partial charge on any atom is -0.342 e. The lowest BCUT2D eigenvalue weighted by molar-refractivity contribution is -0.137. The Balaban J connectivity index is 2.04. The second-order valence-corrected chi connectivity index (χ2v) is 7.52. The van der Waals surface area contributed by atoms with Gasteiger partial charge in [0.15, 0.2) is 0 Å². The number of nitrogens with zero attached hydrogens (tertiary/aromatic N) is 1. The monoisotopic (exact) mass is 351 g/mol. The molecule has 0 unspecified atom stereocenters. The Bertz CT molecular complexity index is 542. The van der Waals surface area contributed by atoms with E-state index in [1.165, 1.54) is 23.9 Å². The van der Waals surface area contributed by atoms with E-state index >= 15 is 0 Å². The zero-order valence-electron chi connectivity index (χ0n) is 12.1. The van der Waals surface area contributed by atoms with Crippen LogP contribution in [-0.4, -0.2) is 34.5 Å². The van der Waals surface area contributed by atoms with Crippen molar-refractivity contribution < 1.29 is 18.0 Å². The topological polar surface area (TPSA) is 20.3 Å². The van der Waals surface area contributed by atoms with E-state index in [0.717, 1.165) is 18.9 Å². The molecule has 1 amide bonds. The molecule has 0 aromatic heterocycles. The molecule has 7 heteroatoms. The van der Waals surface area contributed by atoms with Crippen LogP contribution in [-0.2, 0) is 11.0 Å². The number of piperidine rings is 1. The van der Waals surface area contributed by atoms with Gasteiger partial charge in [0.1, 0.15) is 5.88 Å². The van der Waals surface area contributed by atoms with E-state index < -0.39 is 11.7 Å². The van der Waals surface area contributed by atoms with Crippen molar-refractivity contribution in [3.8, 4) is 0 Å². The molecule has 0 atom stereocenters. The predicted molar refractivity (Wildman–Crippen MR) is 82.2 cm³/mol. The van der Waals surface area contributed by atoms with Crippen LogP contribution >= 0.6 is 23.4 Å². The Hall–Kier alpha value is -0.880. The van der Waals surface area contributed by atoms with E-state index in [1.54, 1.807) is 11.0 Å². The van der Waals surface area contributed by atoms with Crippen LogP contribution < -0.4 is 0 Å². The van der Waals surface area contributed by atoms with Gasteiger partial charge in [-0.2, -0.15) is 13.2 Å². The van der Waals surface area contributed by atoms with Gasteiger partial charge in [0, 0.05) is 22.7 Å². The maximum Gasteiger partial charge on any atom is 0.416 e. The predicted octanol–water partition coefficient (Wildman–Crippen LogP) is 4.42. The van der Waals surface area contributed by atoms with Gasteiger partial charge in [-0.15, -0.1) is 23.4 Å². The average Bonchev–Trinajstić information content (AvgIpc) is 2.46. The van der Waals surface area contributed by atoms with Crippen LogP contribution in [0.1, 0.15) is 25.3 Å². The number of likely N-dealkylation sites (tertiary alicyclic amines) is 1. The number of benzene rings is 1. The number of amides is 1. The third kappa shape index (κ3) is 4.32. The van der Waals surface area contributed by atoms with Gasteiger partial charge < -0.3 is 4.90 Å². The molecule has 1 aromatic rings. The van der Waals surface area contributed by atoms with Gasteiger partial charge in [-0.1, -0.05) is 6.07 Å². The summed E-state index contributed by atoms with van der Waals surface area (Å²) in [5, 5.41) is 0. The maximum absolute atomic E-state index is 12.8. The summed E-state index contributed by atoms with van der Waals surface area (Å²) in [4.78, 5) is 13.9. The number of hydrogen-bond acceptors (Lipinski definition) is 2. The molecule has 0 radical (unpaired) electrons. The Morgan fingerprint density at radius 2 is 2.00 bits per heavy atom. The van der Waals surface area contributed by atoms with Crippen molar-refractivity contribution in [2.24, 2.45) is 0 Å². The highest BCUT2D eigenvalue weighted by Gasteiger charge is 2.34. The number of rotatable bonds is 3. The summed E-state index contributed by atoms with van der Waals surface area (Å²) < 4.78 is 38.1. The number of carbonyl (C=O) groups excluding carboxylic acids is 1. The molecule has 22 heavy (non-hydrogen) atoms. The van der Waals surface area contributed by atoms with Crippen LogP contribution in [0.15, 0.2) is 29.2 Å². The molecule has 0 aliphatic carbocycles. The van der Waals surface area contributed by atoms with E-state index in [9.17, 15) is 18.0 Å². The van der Waals surface area contributed by atoms with Gasteiger partial charge in [-0.25, -0.2) is 0 Å². The Morgan fingerprint density at radius 1 is 1.36 bits per heavy atom. The maximum atomic E-state index is 12.8. The quantitative estimate of drug-likeness (QED) is 0.751. The standard InChI is InChI=1S/C15H17ClF3NOS/c1-14(5-7-20(8-6-14)13(21)10-16)22-12-4-2-3-11(9-12)15(17,18)19/h2-4,9H,5-8,10H2,1H3. The van der Waals surface area contributed by atoms with Gasteiger partial charge in [-0.3, -0.25) is 4.79 Å². The molecule has 1 saturated heterocycles. The second-order valence-electron chi connectivity index (χ2n) is 5.59. The molecule has 122 valence electrons. The molecule has 0 N–H and O–H groups in total. The van der Waals surface area contributed by atoms with Crippen molar-refractivity contribution in [3.05, 3.63) is 29.8 Å². The number of thioether (sulfide) groups is 1. The van der Waals surface area contributed by atoms with Gasteiger partial charge in [0.25, 0.3) is 0 Å². The largest absolute Gasteiger partial charge is 0.416 e. The van der Waals surface area contributed by atoms with E-state index in [0.29, 0.717) is 18.0 Å². The Labute approximate surface area is 137 Å². The van der Waals surface area contributed by atoms with Gasteiger partial charge in [0.2, 0.25) is 5.91 Å². The molecule has 0 bridgehead atoms.